The van der Waals surface area contributed by atoms with E-state index in [2.05, 4.69) is 9.88 Å². The quantitative estimate of drug-likeness (QED) is 0.537. The number of para-hydroxylation sites is 1. The van der Waals surface area contributed by atoms with Crippen molar-refractivity contribution in [2.24, 2.45) is 7.05 Å². The minimum Gasteiger partial charge on any atom is -0.458 e. The molecule has 1 unspecified atom stereocenters. The highest BCUT2D eigenvalue weighted by atomic mass is 16.5. The normalized spacial score (nSPS) is 17.0. The highest BCUT2D eigenvalue weighted by Crippen LogP contribution is 2.30. The number of pyridine rings is 1. The number of hydrogen-bond donors (Lipinski definition) is 0. The molecule has 1 aliphatic heterocycles. The number of aromatic nitrogens is 3. The minimum absolute atomic E-state index is 0.103. The fraction of sp³-hybridized carbons (Fsp3) is 0.227. The van der Waals surface area contributed by atoms with E-state index in [9.17, 15) is 4.79 Å². The summed E-state index contributed by atoms with van der Waals surface area (Å²) >= 11 is 0. The van der Waals surface area contributed by atoms with Crippen LogP contribution in [0.25, 0.3) is 22.2 Å². The monoisotopic (exact) mass is 388 g/mol. The van der Waals surface area contributed by atoms with Crippen LogP contribution in [-0.2, 0) is 11.8 Å². The molecule has 29 heavy (non-hydrogen) atoms. The van der Waals surface area contributed by atoms with Crippen LogP contribution in [0.15, 0.2) is 70.1 Å². The van der Waals surface area contributed by atoms with E-state index in [0.29, 0.717) is 31.3 Å². The second-order valence-corrected chi connectivity index (χ2v) is 7.07. The van der Waals surface area contributed by atoms with E-state index in [4.69, 9.17) is 14.1 Å². The molecule has 7 heteroatoms. The number of hydrogen-bond acceptors (Lipinski definition) is 6. The molecule has 1 fully saturated rings. The predicted molar refractivity (Wildman–Crippen MR) is 110 cm³/mol. The Hall–Kier alpha value is -3.45. The Balaban J connectivity index is 1.49. The van der Waals surface area contributed by atoms with Crippen molar-refractivity contribution in [3.8, 4) is 11.3 Å². The summed E-state index contributed by atoms with van der Waals surface area (Å²) in [7, 11) is 1.74. The molecule has 0 bridgehead atoms. The summed E-state index contributed by atoms with van der Waals surface area (Å²) in [6, 6.07) is 15.2. The number of fused-ring (bicyclic) bond motifs is 1. The standard InChI is InChI=1S/C22H20N4O3/c1-25-21(27)13-17(15-6-8-23-9-7-15)24-22(25)26-10-11-28-20(14-26)19-12-16-4-2-3-5-18(16)29-19/h2-9,12-13,20H,10-11,14H2,1H3. The van der Waals surface area contributed by atoms with Gasteiger partial charge in [0.15, 0.2) is 0 Å². The molecule has 1 aromatic carbocycles. The van der Waals surface area contributed by atoms with Crippen LogP contribution in [0, 0.1) is 0 Å². The van der Waals surface area contributed by atoms with Gasteiger partial charge in [0.1, 0.15) is 17.4 Å². The molecular formula is C22H20N4O3. The van der Waals surface area contributed by atoms with Gasteiger partial charge in [0, 0.05) is 43.0 Å². The van der Waals surface area contributed by atoms with Gasteiger partial charge in [0.25, 0.3) is 5.56 Å². The molecule has 0 radical (unpaired) electrons. The van der Waals surface area contributed by atoms with E-state index in [1.165, 1.54) is 0 Å². The van der Waals surface area contributed by atoms with Gasteiger partial charge in [-0.05, 0) is 24.3 Å². The summed E-state index contributed by atoms with van der Waals surface area (Å²) in [5, 5.41) is 1.05. The zero-order valence-corrected chi connectivity index (χ0v) is 16.0. The van der Waals surface area contributed by atoms with Crippen LogP contribution in [0.2, 0.25) is 0 Å². The Bertz CT molecular complexity index is 1180. The van der Waals surface area contributed by atoms with Crippen molar-refractivity contribution in [1.29, 1.82) is 0 Å². The first kappa shape index (κ1) is 17.6. The molecule has 1 aliphatic rings. The van der Waals surface area contributed by atoms with Crippen molar-refractivity contribution in [1.82, 2.24) is 14.5 Å². The average Bonchev–Trinajstić information content (AvgIpc) is 3.21. The maximum Gasteiger partial charge on any atom is 0.255 e. The van der Waals surface area contributed by atoms with Crippen LogP contribution in [0.5, 0.6) is 0 Å². The van der Waals surface area contributed by atoms with Gasteiger partial charge in [-0.1, -0.05) is 18.2 Å². The first-order valence-corrected chi connectivity index (χ1v) is 9.52. The Morgan fingerprint density at radius 2 is 1.93 bits per heavy atom. The van der Waals surface area contributed by atoms with Gasteiger partial charge in [-0.15, -0.1) is 0 Å². The van der Waals surface area contributed by atoms with Crippen LogP contribution in [-0.4, -0.2) is 34.2 Å². The van der Waals surface area contributed by atoms with E-state index in [0.717, 1.165) is 22.3 Å². The zero-order valence-electron chi connectivity index (χ0n) is 16.0. The average molecular weight is 388 g/mol. The second-order valence-electron chi connectivity index (χ2n) is 7.07. The van der Waals surface area contributed by atoms with Gasteiger partial charge >= 0.3 is 0 Å². The molecule has 4 heterocycles. The van der Waals surface area contributed by atoms with Crippen LogP contribution in [0.4, 0.5) is 5.95 Å². The smallest absolute Gasteiger partial charge is 0.255 e. The summed E-state index contributed by atoms with van der Waals surface area (Å²) in [4.78, 5) is 23.5. The van der Waals surface area contributed by atoms with E-state index in [1.54, 1.807) is 30.1 Å². The topological polar surface area (TPSA) is 73.4 Å². The number of furan rings is 1. The second kappa shape index (κ2) is 7.18. The van der Waals surface area contributed by atoms with Crippen molar-refractivity contribution < 1.29 is 9.15 Å². The third-order valence-electron chi connectivity index (χ3n) is 5.20. The van der Waals surface area contributed by atoms with Crippen molar-refractivity contribution in [2.45, 2.75) is 6.10 Å². The fourth-order valence-electron chi connectivity index (χ4n) is 3.64. The fourth-order valence-corrected chi connectivity index (χ4v) is 3.64. The van der Waals surface area contributed by atoms with Gasteiger partial charge in [-0.3, -0.25) is 14.3 Å². The molecule has 0 N–H and O–H groups in total. The Morgan fingerprint density at radius 1 is 1.10 bits per heavy atom. The third kappa shape index (κ3) is 3.30. The Morgan fingerprint density at radius 3 is 2.76 bits per heavy atom. The number of anilines is 1. The highest BCUT2D eigenvalue weighted by molar-refractivity contribution is 5.77. The van der Waals surface area contributed by atoms with Crippen molar-refractivity contribution in [3.05, 3.63) is 77.0 Å². The molecule has 4 aromatic rings. The van der Waals surface area contributed by atoms with Crippen LogP contribution in [0.3, 0.4) is 0 Å². The molecule has 0 spiro atoms. The molecule has 0 saturated carbocycles. The van der Waals surface area contributed by atoms with Gasteiger partial charge in [-0.2, -0.15) is 0 Å². The van der Waals surface area contributed by atoms with Crippen molar-refractivity contribution in [2.75, 3.05) is 24.6 Å². The van der Waals surface area contributed by atoms with Crippen molar-refractivity contribution >= 4 is 16.9 Å². The molecule has 0 aliphatic carbocycles. The van der Waals surface area contributed by atoms with Crippen LogP contribution in [0.1, 0.15) is 11.9 Å². The predicted octanol–water partition coefficient (Wildman–Crippen LogP) is 3.17. The maximum atomic E-state index is 12.6. The highest BCUT2D eigenvalue weighted by Gasteiger charge is 2.27. The molecule has 5 rings (SSSR count). The zero-order chi connectivity index (χ0) is 19.8. The third-order valence-corrected chi connectivity index (χ3v) is 5.20. The Labute approximate surface area is 167 Å². The first-order valence-electron chi connectivity index (χ1n) is 9.52. The van der Waals surface area contributed by atoms with E-state index < -0.39 is 0 Å². The lowest BCUT2D eigenvalue weighted by atomic mass is 10.2. The number of benzene rings is 1. The number of rotatable bonds is 3. The lowest BCUT2D eigenvalue weighted by Crippen LogP contribution is -2.41. The summed E-state index contributed by atoms with van der Waals surface area (Å²) in [6.07, 6.45) is 3.17. The van der Waals surface area contributed by atoms with Gasteiger partial charge in [0.05, 0.1) is 18.8 Å². The van der Waals surface area contributed by atoms with Crippen LogP contribution >= 0.6 is 0 Å². The molecule has 7 nitrogen and oxygen atoms in total. The van der Waals surface area contributed by atoms with Gasteiger partial charge in [-0.25, -0.2) is 4.98 Å². The lowest BCUT2D eigenvalue weighted by molar-refractivity contribution is 0.0260. The molecule has 1 saturated heterocycles. The van der Waals surface area contributed by atoms with Gasteiger partial charge in [0.2, 0.25) is 5.95 Å². The van der Waals surface area contributed by atoms with Crippen LogP contribution < -0.4 is 10.5 Å². The Kier molecular flexibility index (Phi) is 4.37. The molecule has 146 valence electrons. The SMILES string of the molecule is Cn1c(N2CCOC(c3cc4ccccc4o3)C2)nc(-c2ccncc2)cc1=O. The minimum atomic E-state index is -0.224. The largest absolute Gasteiger partial charge is 0.458 e. The van der Waals surface area contributed by atoms with E-state index in [1.807, 2.05) is 42.5 Å². The molecule has 1 atom stereocenters. The maximum absolute atomic E-state index is 12.6. The van der Waals surface area contributed by atoms with E-state index in [-0.39, 0.29) is 11.7 Å². The molecule has 3 aromatic heterocycles. The molecule has 0 amide bonds. The first-order chi connectivity index (χ1) is 14.2. The lowest BCUT2D eigenvalue weighted by Gasteiger charge is -2.33. The van der Waals surface area contributed by atoms with Crippen molar-refractivity contribution in [3.63, 3.8) is 0 Å². The molecular weight excluding hydrogens is 368 g/mol. The van der Waals surface area contributed by atoms with E-state index >= 15 is 0 Å². The number of nitrogens with zero attached hydrogens (tertiary/aromatic N) is 4. The summed E-state index contributed by atoms with van der Waals surface area (Å²) in [5.74, 6) is 1.40. The van der Waals surface area contributed by atoms with Gasteiger partial charge < -0.3 is 14.1 Å². The number of ether oxygens (including phenoxy) is 1. The summed E-state index contributed by atoms with van der Waals surface area (Å²) in [5.41, 5.74) is 2.24. The summed E-state index contributed by atoms with van der Waals surface area (Å²) < 4.78 is 13.5. The number of morpholine rings is 1. The summed E-state index contributed by atoms with van der Waals surface area (Å²) in [6.45, 7) is 1.73.